The lowest BCUT2D eigenvalue weighted by Crippen LogP contribution is -2.40. The van der Waals surface area contributed by atoms with Crippen molar-refractivity contribution in [1.29, 1.82) is 0 Å². The van der Waals surface area contributed by atoms with Gasteiger partial charge >= 0.3 is 0 Å². The van der Waals surface area contributed by atoms with E-state index in [-0.39, 0.29) is 9.93 Å². The average molecular weight is 358 g/mol. The normalized spacial score (nSPS) is 13.3. The van der Waals surface area contributed by atoms with Gasteiger partial charge in [0.15, 0.2) is 8.32 Å². The van der Waals surface area contributed by atoms with Crippen molar-refractivity contribution in [3.05, 3.63) is 29.3 Å². The molecule has 4 nitrogen and oxygen atoms in total. The molecule has 0 amide bonds. The van der Waals surface area contributed by atoms with Crippen LogP contribution in [-0.4, -0.2) is 27.9 Å². The molecule has 1 rings (SSSR count). The lowest BCUT2D eigenvalue weighted by Gasteiger charge is -2.36. The van der Waals surface area contributed by atoms with Gasteiger partial charge in [-0.05, 0) is 55.9 Å². The molecule has 1 aromatic carbocycles. The van der Waals surface area contributed by atoms with E-state index in [1.54, 1.807) is 12.1 Å². The lowest BCUT2D eigenvalue weighted by molar-refractivity contribution is 0.279. The first kappa shape index (κ1) is 20.4. The van der Waals surface area contributed by atoms with Crippen molar-refractivity contribution >= 4 is 18.4 Å². The Labute approximate surface area is 142 Å². The SMILES string of the molecule is Cc1ccc(S(=O)(=O)[O-])c(CCCCO[Si](C)(C)C(C)(C)C)c1. The van der Waals surface area contributed by atoms with Gasteiger partial charge in [-0.2, -0.15) is 0 Å². The Morgan fingerprint density at radius 1 is 1.17 bits per heavy atom. The number of rotatable bonds is 7. The van der Waals surface area contributed by atoms with Gasteiger partial charge in [0.1, 0.15) is 10.1 Å². The summed E-state index contributed by atoms with van der Waals surface area (Å²) < 4.78 is 40.1. The first-order valence-electron chi connectivity index (χ1n) is 8.04. The second-order valence-electron chi connectivity index (χ2n) is 7.63. The maximum atomic E-state index is 11.3. The average Bonchev–Trinajstić information content (AvgIpc) is 2.35. The van der Waals surface area contributed by atoms with Crippen molar-refractivity contribution in [2.24, 2.45) is 0 Å². The van der Waals surface area contributed by atoms with E-state index in [0.717, 1.165) is 18.4 Å². The van der Waals surface area contributed by atoms with Crippen molar-refractivity contribution in [3.63, 3.8) is 0 Å². The van der Waals surface area contributed by atoms with Crippen LogP contribution >= 0.6 is 0 Å². The fourth-order valence-electron chi connectivity index (χ4n) is 2.11. The molecule has 0 aliphatic carbocycles. The van der Waals surface area contributed by atoms with E-state index in [9.17, 15) is 13.0 Å². The first-order chi connectivity index (χ1) is 10.3. The van der Waals surface area contributed by atoms with Gasteiger partial charge in [0, 0.05) is 6.61 Å². The van der Waals surface area contributed by atoms with Gasteiger partial charge in [-0.3, -0.25) is 0 Å². The van der Waals surface area contributed by atoms with Gasteiger partial charge in [0.25, 0.3) is 0 Å². The number of hydrogen-bond donors (Lipinski definition) is 0. The minimum atomic E-state index is -4.41. The topological polar surface area (TPSA) is 66.4 Å². The van der Waals surface area contributed by atoms with Gasteiger partial charge in [-0.1, -0.05) is 38.5 Å². The molecule has 0 spiro atoms. The molecule has 0 aromatic heterocycles. The predicted molar refractivity (Wildman–Crippen MR) is 95.2 cm³/mol. The third kappa shape index (κ3) is 6.03. The second kappa shape index (κ2) is 7.47. The van der Waals surface area contributed by atoms with Crippen LogP contribution in [0.25, 0.3) is 0 Å². The van der Waals surface area contributed by atoms with Crippen molar-refractivity contribution < 1.29 is 17.4 Å². The fourth-order valence-corrected chi connectivity index (χ4v) is 3.91. The summed E-state index contributed by atoms with van der Waals surface area (Å²) in [5.74, 6) is 0. The molecule has 0 saturated carbocycles. The smallest absolute Gasteiger partial charge is 0.191 e. The lowest BCUT2D eigenvalue weighted by atomic mass is 10.1. The molecule has 0 aliphatic heterocycles. The number of benzene rings is 1. The molecule has 0 radical (unpaired) electrons. The summed E-state index contributed by atoms with van der Waals surface area (Å²) in [6.07, 6.45) is 2.25. The maximum absolute atomic E-state index is 11.3. The maximum Gasteiger partial charge on any atom is 0.191 e. The molecule has 132 valence electrons. The van der Waals surface area contributed by atoms with E-state index < -0.39 is 18.4 Å². The zero-order valence-electron chi connectivity index (χ0n) is 15.1. The number of unbranched alkanes of at least 4 members (excludes halogenated alkanes) is 1. The minimum Gasteiger partial charge on any atom is -0.744 e. The van der Waals surface area contributed by atoms with E-state index >= 15 is 0 Å². The van der Waals surface area contributed by atoms with Crippen molar-refractivity contribution in [1.82, 2.24) is 0 Å². The first-order valence-corrected chi connectivity index (χ1v) is 12.4. The Morgan fingerprint density at radius 2 is 1.78 bits per heavy atom. The highest BCUT2D eigenvalue weighted by Crippen LogP contribution is 2.36. The third-order valence-electron chi connectivity index (χ3n) is 4.59. The summed E-state index contributed by atoms with van der Waals surface area (Å²) in [5, 5.41) is 0.188. The Bertz CT molecular complexity index is 630. The van der Waals surface area contributed by atoms with Crippen LogP contribution in [0.2, 0.25) is 18.1 Å². The second-order valence-corrected chi connectivity index (χ2v) is 13.8. The molecular weight excluding hydrogens is 328 g/mol. The van der Waals surface area contributed by atoms with Crippen LogP contribution in [0, 0.1) is 6.92 Å². The van der Waals surface area contributed by atoms with E-state index in [4.69, 9.17) is 4.43 Å². The minimum absolute atomic E-state index is 0.0894. The molecule has 0 heterocycles. The summed E-state index contributed by atoms with van der Waals surface area (Å²) in [6, 6.07) is 4.87. The molecule has 6 heteroatoms. The predicted octanol–water partition coefficient (Wildman–Crippen LogP) is 4.24. The fraction of sp³-hybridized carbons (Fsp3) is 0.647. The molecule has 1 aromatic rings. The monoisotopic (exact) mass is 357 g/mol. The highest BCUT2D eigenvalue weighted by atomic mass is 32.2. The Hall–Kier alpha value is -0.693. The van der Waals surface area contributed by atoms with Crippen LogP contribution in [0.4, 0.5) is 0 Å². The summed E-state index contributed by atoms with van der Waals surface area (Å²) in [7, 11) is -6.14. The summed E-state index contributed by atoms with van der Waals surface area (Å²) in [5.41, 5.74) is 1.58. The highest BCUT2D eigenvalue weighted by molar-refractivity contribution is 7.85. The van der Waals surface area contributed by atoms with Gasteiger partial charge in [0.2, 0.25) is 0 Å². The van der Waals surface area contributed by atoms with Crippen molar-refractivity contribution in [3.8, 4) is 0 Å². The molecule has 0 atom stereocenters. The number of aryl methyl sites for hydroxylation is 2. The molecule has 0 fully saturated rings. The third-order valence-corrected chi connectivity index (χ3v) is 10.1. The summed E-state index contributed by atoms with van der Waals surface area (Å²) in [4.78, 5) is -0.0894. The summed E-state index contributed by atoms with van der Waals surface area (Å²) >= 11 is 0. The van der Waals surface area contributed by atoms with Crippen LogP contribution in [0.15, 0.2) is 23.1 Å². The Morgan fingerprint density at radius 3 is 2.30 bits per heavy atom. The molecule has 23 heavy (non-hydrogen) atoms. The van der Waals surface area contributed by atoms with Gasteiger partial charge in [0.05, 0.1) is 4.90 Å². The molecule has 0 saturated heterocycles. The van der Waals surface area contributed by atoms with Crippen molar-refractivity contribution in [2.75, 3.05) is 6.61 Å². The zero-order chi connectivity index (χ0) is 17.9. The molecule has 0 bridgehead atoms. The standard InChI is InChI=1S/C17H30O4SSi/c1-14-10-11-16(22(18,19)20)15(13-14)9-7-8-12-21-23(5,6)17(2,3)4/h10-11,13H,7-9,12H2,1-6H3,(H,18,19,20)/p-1. The van der Waals surface area contributed by atoms with Crippen LogP contribution < -0.4 is 0 Å². The van der Waals surface area contributed by atoms with E-state index in [2.05, 4.69) is 33.9 Å². The number of hydrogen-bond acceptors (Lipinski definition) is 4. The molecular formula is C17H29O4SSi-. The van der Waals surface area contributed by atoms with Crippen LogP contribution in [0.3, 0.4) is 0 Å². The van der Waals surface area contributed by atoms with Gasteiger partial charge in [-0.15, -0.1) is 0 Å². The Balaban J connectivity index is 2.59. The zero-order valence-corrected chi connectivity index (χ0v) is 16.9. The van der Waals surface area contributed by atoms with Gasteiger partial charge < -0.3 is 8.98 Å². The Kier molecular flexibility index (Phi) is 6.61. The van der Waals surface area contributed by atoms with Gasteiger partial charge in [-0.25, -0.2) is 8.42 Å². The van der Waals surface area contributed by atoms with E-state index in [1.807, 2.05) is 6.92 Å². The van der Waals surface area contributed by atoms with E-state index in [1.165, 1.54) is 6.07 Å². The molecule has 0 aliphatic rings. The quantitative estimate of drug-likeness (QED) is 0.416. The van der Waals surface area contributed by atoms with Crippen molar-refractivity contribution in [2.45, 2.75) is 70.0 Å². The molecule has 0 N–H and O–H groups in total. The van der Waals surface area contributed by atoms with E-state index in [0.29, 0.717) is 18.6 Å². The van der Waals surface area contributed by atoms with Crippen LogP contribution in [0.1, 0.15) is 44.7 Å². The highest BCUT2D eigenvalue weighted by Gasteiger charge is 2.36. The summed E-state index contributed by atoms with van der Waals surface area (Å²) in [6.45, 7) is 13.6. The largest absolute Gasteiger partial charge is 0.744 e. The molecule has 0 unspecified atom stereocenters. The van der Waals surface area contributed by atoms with Crippen LogP contribution in [-0.2, 0) is 21.0 Å². The van der Waals surface area contributed by atoms with Crippen LogP contribution in [0.5, 0.6) is 0 Å².